The van der Waals surface area contributed by atoms with Gasteiger partial charge in [0.2, 0.25) is 0 Å². The summed E-state index contributed by atoms with van der Waals surface area (Å²) < 4.78 is 45.8. The lowest BCUT2D eigenvalue weighted by molar-refractivity contribution is -0.0122. The number of rotatable bonds is 25. The van der Waals surface area contributed by atoms with Crippen molar-refractivity contribution >= 4 is 0 Å². The standard InChI is InChI=1S/C12H26O6.C8H18O5/c1-13-3-5-15-7-9-17-11-12-18-10-8-16-6-4-14-2;9-1-3-11-5-7-13-8-6-12-4-2-10/h3-12H2,1-2H3;9-10H,1-8H2. The zero-order valence-corrected chi connectivity index (χ0v) is 19.3. The molecule has 0 aromatic carbocycles. The molecule has 0 spiro atoms. The molecular weight excluding hydrogens is 416 g/mol. The summed E-state index contributed by atoms with van der Waals surface area (Å²) in [4.78, 5) is 0. The highest BCUT2D eigenvalue weighted by Crippen LogP contribution is 1.83. The Morgan fingerprint density at radius 3 is 0.710 bits per heavy atom. The van der Waals surface area contributed by atoms with Gasteiger partial charge in [-0.3, -0.25) is 0 Å². The maximum absolute atomic E-state index is 8.36. The number of ether oxygens (including phenoxy) is 9. The summed E-state index contributed by atoms with van der Waals surface area (Å²) in [5.41, 5.74) is 0. The Morgan fingerprint density at radius 1 is 0.323 bits per heavy atom. The first-order valence-electron chi connectivity index (χ1n) is 10.6. The lowest BCUT2D eigenvalue weighted by atomic mass is 10.7. The number of aliphatic hydroxyl groups is 2. The summed E-state index contributed by atoms with van der Waals surface area (Å²) in [6.07, 6.45) is 0. The monoisotopic (exact) mass is 460 g/mol. The normalized spacial score (nSPS) is 10.8. The molecule has 2 N–H and O–H groups in total. The third-order valence-corrected chi connectivity index (χ3v) is 3.19. The third-order valence-electron chi connectivity index (χ3n) is 3.19. The molecule has 0 fully saturated rings. The van der Waals surface area contributed by atoms with Crippen LogP contribution < -0.4 is 0 Å². The molecule has 0 aromatic rings. The van der Waals surface area contributed by atoms with Crippen molar-refractivity contribution in [3.05, 3.63) is 0 Å². The second kappa shape index (κ2) is 34.2. The van der Waals surface area contributed by atoms with Gasteiger partial charge in [0.25, 0.3) is 0 Å². The van der Waals surface area contributed by atoms with E-state index in [2.05, 4.69) is 0 Å². The Morgan fingerprint density at radius 2 is 0.516 bits per heavy atom. The van der Waals surface area contributed by atoms with Crippen molar-refractivity contribution in [2.75, 3.05) is 133 Å². The first-order chi connectivity index (χ1) is 15.3. The SMILES string of the molecule is COCCOCCOCCOCCOCCOC.OCCOCCOCCOCCO. The average molecular weight is 461 g/mol. The smallest absolute Gasteiger partial charge is 0.0701 e. The predicted molar refractivity (Wildman–Crippen MR) is 114 cm³/mol. The van der Waals surface area contributed by atoms with E-state index in [1.165, 1.54) is 0 Å². The molecule has 0 aliphatic rings. The van der Waals surface area contributed by atoms with E-state index in [0.29, 0.717) is 106 Å². The van der Waals surface area contributed by atoms with Gasteiger partial charge in [-0.1, -0.05) is 0 Å². The molecule has 0 saturated heterocycles. The molecule has 0 atom stereocenters. The largest absolute Gasteiger partial charge is 0.394 e. The van der Waals surface area contributed by atoms with Gasteiger partial charge in [-0.25, -0.2) is 0 Å². The first kappa shape index (κ1) is 32.7. The van der Waals surface area contributed by atoms with E-state index >= 15 is 0 Å². The Hall–Kier alpha value is -0.440. The van der Waals surface area contributed by atoms with Crippen LogP contribution in [0.5, 0.6) is 0 Å². The highest BCUT2D eigenvalue weighted by atomic mass is 16.6. The van der Waals surface area contributed by atoms with Crippen molar-refractivity contribution in [2.24, 2.45) is 0 Å². The first-order valence-corrected chi connectivity index (χ1v) is 10.6. The second-order valence-corrected chi connectivity index (χ2v) is 5.72. The van der Waals surface area contributed by atoms with Gasteiger partial charge in [0.05, 0.1) is 119 Å². The van der Waals surface area contributed by atoms with E-state index in [9.17, 15) is 0 Å². The molecule has 0 bridgehead atoms. The van der Waals surface area contributed by atoms with E-state index in [4.69, 9.17) is 52.8 Å². The molecule has 0 heterocycles. The summed E-state index contributed by atoms with van der Waals surface area (Å²) in [7, 11) is 3.30. The molecule has 11 nitrogen and oxygen atoms in total. The van der Waals surface area contributed by atoms with Gasteiger partial charge in [0, 0.05) is 14.2 Å². The van der Waals surface area contributed by atoms with E-state index in [1.54, 1.807) is 14.2 Å². The van der Waals surface area contributed by atoms with Crippen molar-refractivity contribution in [3.63, 3.8) is 0 Å². The van der Waals surface area contributed by atoms with Crippen LogP contribution >= 0.6 is 0 Å². The third kappa shape index (κ3) is 37.2. The molecule has 0 radical (unpaired) electrons. The number of aliphatic hydroxyl groups excluding tert-OH is 2. The van der Waals surface area contributed by atoms with Gasteiger partial charge >= 0.3 is 0 Å². The van der Waals surface area contributed by atoms with Crippen LogP contribution in [0.25, 0.3) is 0 Å². The molecule has 0 rings (SSSR count). The maximum atomic E-state index is 8.36. The molecule has 11 heteroatoms. The fraction of sp³-hybridized carbons (Fsp3) is 1.00. The van der Waals surface area contributed by atoms with E-state index in [1.807, 2.05) is 0 Å². The zero-order chi connectivity index (χ0) is 23.1. The molecule has 0 amide bonds. The quantitative estimate of drug-likeness (QED) is 0.169. The van der Waals surface area contributed by atoms with Gasteiger partial charge in [-0.2, -0.15) is 0 Å². The van der Waals surface area contributed by atoms with Crippen LogP contribution in [0.4, 0.5) is 0 Å². The molecule has 31 heavy (non-hydrogen) atoms. The van der Waals surface area contributed by atoms with Crippen LogP contribution in [0.3, 0.4) is 0 Å². The van der Waals surface area contributed by atoms with Crippen molar-refractivity contribution in [3.8, 4) is 0 Å². The minimum Gasteiger partial charge on any atom is -0.394 e. The fourth-order valence-electron chi connectivity index (χ4n) is 1.72. The Balaban J connectivity index is 0. The minimum atomic E-state index is 0.0413. The second-order valence-electron chi connectivity index (χ2n) is 5.72. The Labute approximate surface area is 186 Å². The van der Waals surface area contributed by atoms with Crippen molar-refractivity contribution in [1.29, 1.82) is 0 Å². The number of methoxy groups -OCH3 is 2. The van der Waals surface area contributed by atoms with Crippen LogP contribution in [0, 0.1) is 0 Å². The number of hydrogen-bond donors (Lipinski definition) is 2. The predicted octanol–water partition coefficient (Wildman–Crippen LogP) is -0.634. The van der Waals surface area contributed by atoms with E-state index in [0.717, 1.165) is 0 Å². The van der Waals surface area contributed by atoms with Crippen LogP contribution in [-0.4, -0.2) is 143 Å². The summed E-state index contributed by atoms with van der Waals surface area (Å²) in [6, 6.07) is 0. The average Bonchev–Trinajstić information content (AvgIpc) is 2.79. The molecule has 0 aliphatic heterocycles. The molecule has 0 aliphatic carbocycles. The lowest BCUT2D eigenvalue weighted by Gasteiger charge is -2.07. The number of hydrogen-bond acceptors (Lipinski definition) is 11. The summed E-state index contributed by atoms with van der Waals surface area (Å²) in [5, 5.41) is 16.7. The van der Waals surface area contributed by atoms with Crippen LogP contribution in [-0.2, 0) is 42.6 Å². The van der Waals surface area contributed by atoms with Crippen molar-refractivity contribution < 1.29 is 52.8 Å². The van der Waals surface area contributed by atoms with Crippen LogP contribution in [0.1, 0.15) is 0 Å². The Bertz CT molecular complexity index is 260. The summed E-state index contributed by atoms with van der Waals surface area (Å²) >= 11 is 0. The van der Waals surface area contributed by atoms with Crippen LogP contribution in [0.15, 0.2) is 0 Å². The summed E-state index contributed by atoms with van der Waals surface area (Å²) in [6.45, 7) is 8.70. The molecule has 0 unspecified atom stereocenters. The lowest BCUT2D eigenvalue weighted by Crippen LogP contribution is -2.13. The van der Waals surface area contributed by atoms with E-state index in [-0.39, 0.29) is 13.2 Å². The van der Waals surface area contributed by atoms with Crippen molar-refractivity contribution in [2.45, 2.75) is 0 Å². The fourth-order valence-corrected chi connectivity index (χ4v) is 1.72. The van der Waals surface area contributed by atoms with Crippen LogP contribution in [0.2, 0.25) is 0 Å². The van der Waals surface area contributed by atoms with Gasteiger partial charge in [-0.05, 0) is 0 Å². The topological polar surface area (TPSA) is 124 Å². The highest BCUT2D eigenvalue weighted by molar-refractivity contribution is 4.36. The molecule has 0 aromatic heterocycles. The summed E-state index contributed by atoms with van der Waals surface area (Å²) in [5.74, 6) is 0. The van der Waals surface area contributed by atoms with E-state index < -0.39 is 0 Å². The highest BCUT2D eigenvalue weighted by Gasteiger charge is 1.93. The van der Waals surface area contributed by atoms with Gasteiger partial charge < -0.3 is 52.8 Å². The molecule has 0 saturated carbocycles. The maximum Gasteiger partial charge on any atom is 0.0701 e. The van der Waals surface area contributed by atoms with Gasteiger partial charge in [0.15, 0.2) is 0 Å². The molecular formula is C20H44O11. The Kier molecular flexibility index (Phi) is 36.1. The minimum absolute atomic E-state index is 0.0413. The van der Waals surface area contributed by atoms with Gasteiger partial charge in [0.1, 0.15) is 0 Å². The molecule has 190 valence electrons. The zero-order valence-electron chi connectivity index (χ0n) is 19.3. The van der Waals surface area contributed by atoms with Crippen molar-refractivity contribution in [1.82, 2.24) is 0 Å². The van der Waals surface area contributed by atoms with Gasteiger partial charge in [-0.15, -0.1) is 0 Å².